The van der Waals surface area contributed by atoms with Gasteiger partial charge in [-0.15, -0.1) is 0 Å². The van der Waals surface area contributed by atoms with Gasteiger partial charge in [0.2, 0.25) is 5.91 Å². The van der Waals surface area contributed by atoms with Crippen LogP contribution in [0.1, 0.15) is 28.8 Å². The number of carbonyl (C=O) groups is 2. The van der Waals surface area contributed by atoms with Gasteiger partial charge >= 0.3 is 0 Å². The molecule has 158 valence electrons. The highest BCUT2D eigenvalue weighted by atomic mass is 16.2. The van der Waals surface area contributed by atoms with Crippen LogP contribution >= 0.6 is 0 Å². The molecule has 2 amide bonds. The first-order valence-corrected chi connectivity index (χ1v) is 10.4. The van der Waals surface area contributed by atoms with Gasteiger partial charge in [0, 0.05) is 12.1 Å². The van der Waals surface area contributed by atoms with Crippen molar-refractivity contribution < 1.29 is 9.59 Å². The fraction of sp³-hybridized carbons (Fsp3) is 0.200. The van der Waals surface area contributed by atoms with E-state index in [1.807, 2.05) is 54.6 Å². The number of benzene rings is 3. The van der Waals surface area contributed by atoms with E-state index in [0.717, 1.165) is 36.1 Å². The van der Waals surface area contributed by atoms with Crippen molar-refractivity contribution in [2.75, 3.05) is 17.6 Å². The highest BCUT2D eigenvalue weighted by Crippen LogP contribution is 2.27. The predicted octanol–water partition coefficient (Wildman–Crippen LogP) is 3.64. The monoisotopic (exact) mass is 414 g/mol. The summed E-state index contributed by atoms with van der Waals surface area (Å²) in [7, 11) is 0. The number of anilines is 2. The molecule has 0 radical (unpaired) electrons. The fourth-order valence-electron chi connectivity index (χ4n) is 4.00. The van der Waals surface area contributed by atoms with E-state index in [2.05, 4.69) is 10.2 Å². The minimum absolute atomic E-state index is 0.206. The van der Waals surface area contributed by atoms with Crippen LogP contribution in [0, 0.1) is 0 Å². The number of carbonyl (C=O) groups excluding carboxylic acids is 2. The lowest BCUT2D eigenvalue weighted by atomic mass is 10.0. The van der Waals surface area contributed by atoms with E-state index in [9.17, 15) is 9.59 Å². The smallest absolute Gasteiger partial charge is 0.255 e. The summed E-state index contributed by atoms with van der Waals surface area (Å²) >= 11 is 0. The Kier molecular flexibility index (Phi) is 6.00. The van der Waals surface area contributed by atoms with Gasteiger partial charge in [-0.2, -0.15) is 0 Å². The van der Waals surface area contributed by atoms with Crippen molar-refractivity contribution in [3.63, 3.8) is 0 Å². The zero-order chi connectivity index (χ0) is 21.8. The Hall–Kier alpha value is -3.64. The number of nitrogens with two attached hydrogens (primary N) is 2. The number of hydrogen-bond donors (Lipinski definition) is 3. The quantitative estimate of drug-likeness (QED) is 0.536. The number of amides is 2. The van der Waals surface area contributed by atoms with Crippen molar-refractivity contribution in [3.05, 3.63) is 83.9 Å². The molecule has 0 unspecified atom stereocenters. The average molecular weight is 415 g/mol. The van der Waals surface area contributed by atoms with E-state index < -0.39 is 0 Å². The molecule has 31 heavy (non-hydrogen) atoms. The van der Waals surface area contributed by atoms with E-state index in [4.69, 9.17) is 11.5 Å². The fourth-order valence-corrected chi connectivity index (χ4v) is 4.00. The first kappa shape index (κ1) is 20.6. The largest absolute Gasteiger partial charge is 0.397 e. The second-order valence-electron chi connectivity index (χ2n) is 7.85. The third kappa shape index (κ3) is 4.75. The summed E-state index contributed by atoms with van der Waals surface area (Å²) in [5.74, 6) is -0.497. The molecule has 6 heteroatoms. The second kappa shape index (κ2) is 9.02. The molecule has 0 aliphatic carbocycles. The molecule has 1 heterocycles. The van der Waals surface area contributed by atoms with Crippen LogP contribution in [0.3, 0.4) is 0 Å². The van der Waals surface area contributed by atoms with Gasteiger partial charge in [-0.05, 0) is 60.3 Å². The minimum Gasteiger partial charge on any atom is -0.397 e. The second-order valence-corrected chi connectivity index (χ2v) is 7.85. The number of likely N-dealkylation sites (tertiary alicyclic amines) is 1. The Morgan fingerprint density at radius 2 is 1.71 bits per heavy atom. The molecule has 0 bridgehead atoms. The summed E-state index contributed by atoms with van der Waals surface area (Å²) in [4.78, 5) is 26.4. The Bertz CT molecular complexity index is 1080. The number of nitrogens with one attached hydrogen (secondary N) is 1. The van der Waals surface area contributed by atoms with Gasteiger partial charge in [-0.25, -0.2) is 0 Å². The lowest BCUT2D eigenvalue weighted by Gasteiger charge is -2.21. The minimum atomic E-state index is -0.274. The van der Waals surface area contributed by atoms with Crippen molar-refractivity contribution in [3.8, 4) is 11.1 Å². The molecule has 0 saturated carbocycles. The summed E-state index contributed by atoms with van der Waals surface area (Å²) in [5.41, 5.74) is 16.3. The van der Waals surface area contributed by atoms with Crippen LogP contribution in [0.25, 0.3) is 11.1 Å². The Morgan fingerprint density at radius 1 is 0.968 bits per heavy atom. The van der Waals surface area contributed by atoms with Crippen molar-refractivity contribution in [1.82, 2.24) is 4.90 Å². The molecule has 4 rings (SSSR count). The van der Waals surface area contributed by atoms with Gasteiger partial charge in [0.1, 0.15) is 0 Å². The van der Waals surface area contributed by atoms with Crippen LogP contribution in [-0.2, 0) is 11.3 Å². The molecule has 1 aliphatic rings. The summed E-state index contributed by atoms with van der Waals surface area (Å²) in [6.07, 6.45) is 1.77. The van der Waals surface area contributed by atoms with Crippen molar-refractivity contribution in [2.45, 2.75) is 25.4 Å². The number of hydrogen-bond acceptors (Lipinski definition) is 4. The maximum atomic E-state index is 12.8. The molecule has 1 saturated heterocycles. The SMILES string of the molecule is NC(=O)[C@@H]1CCCN1Cc1ccc(C(=O)Nc2cc(-c3ccccc3)ccc2N)cc1. The van der Waals surface area contributed by atoms with Gasteiger partial charge in [0.15, 0.2) is 0 Å². The molecule has 1 aliphatic heterocycles. The van der Waals surface area contributed by atoms with Gasteiger partial charge in [0.05, 0.1) is 17.4 Å². The van der Waals surface area contributed by atoms with Crippen LogP contribution in [0.5, 0.6) is 0 Å². The van der Waals surface area contributed by atoms with E-state index in [0.29, 0.717) is 23.5 Å². The van der Waals surface area contributed by atoms with Gasteiger partial charge in [-0.3, -0.25) is 14.5 Å². The van der Waals surface area contributed by atoms with E-state index in [1.54, 1.807) is 18.2 Å². The molecule has 3 aromatic carbocycles. The number of primary amides is 1. The Labute approximate surface area is 181 Å². The number of nitrogens with zero attached hydrogens (tertiary/aromatic N) is 1. The zero-order valence-corrected chi connectivity index (χ0v) is 17.3. The maximum absolute atomic E-state index is 12.8. The van der Waals surface area contributed by atoms with E-state index >= 15 is 0 Å². The molecule has 0 spiro atoms. The lowest BCUT2D eigenvalue weighted by Crippen LogP contribution is -2.39. The lowest BCUT2D eigenvalue weighted by molar-refractivity contribution is -0.122. The third-order valence-electron chi connectivity index (χ3n) is 5.70. The van der Waals surface area contributed by atoms with E-state index in [1.165, 1.54) is 0 Å². The van der Waals surface area contributed by atoms with Crippen LogP contribution in [-0.4, -0.2) is 29.3 Å². The van der Waals surface area contributed by atoms with Gasteiger partial charge in [-0.1, -0.05) is 48.5 Å². The molecule has 1 fully saturated rings. The summed E-state index contributed by atoms with van der Waals surface area (Å²) in [6, 6.07) is 22.7. The van der Waals surface area contributed by atoms with Crippen molar-refractivity contribution >= 4 is 23.2 Å². The summed E-state index contributed by atoms with van der Waals surface area (Å²) in [5, 5.41) is 2.92. The third-order valence-corrected chi connectivity index (χ3v) is 5.70. The predicted molar refractivity (Wildman–Crippen MR) is 123 cm³/mol. The zero-order valence-electron chi connectivity index (χ0n) is 17.3. The molecule has 3 aromatic rings. The Morgan fingerprint density at radius 3 is 2.42 bits per heavy atom. The summed E-state index contributed by atoms with van der Waals surface area (Å²) < 4.78 is 0. The number of nitrogen functional groups attached to an aromatic ring is 1. The van der Waals surface area contributed by atoms with Crippen LogP contribution in [0.15, 0.2) is 72.8 Å². The molecule has 5 N–H and O–H groups in total. The number of rotatable bonds is 6. The molecule has 1 atom stereocenters. The highest BCUT2D eigenvalue weighted by molar-refractivity contribution is 6.06. The average Bonchev–Trinajstić information content (AvgIpc) is 3.25. The molecule has 6 nitrogen and oxygen atoms in total. The van der Waals surface area contributed by atoms with Gasteiger partial charge < -0.3 is 16.8 Å². The Balaban J connectivity index is 1.45. The summed E-state index contributed by atoms with van der Waals surface area (Å²) in [6.45, 7) is 1.49. The van der Waals surface area contributed by atoms with Crippen LogP contribution in [0.2, 0.25) is 0 Å². The van der Waals surface area contributed by atoms with Crippen LogP contribution < -0.4 is 16.8 Å². The van der Waals surface area contributed by atoms with Crippen LogP contribution in [0.4, 0.5) is 11.4 Å². The maximum Gasteiger partial charge on any atom is 0.255 e. The normalized spacial score (nSPS) is 16.2. The standard InChI is InChI=1S/C25H26N4O2/c26-21-13-12-20(18-5-2-1-3-6-18)15-22(21)28-25(31)19-10-8-17(9-11-19)16-29-14-4-7-23(29)24(27)30/h1-3,5-6,8-13,15,23H,4,7,14,16,26H2,(H2,27,30)(H,28,31)/t23-/m0/s1. The van der Waals surface area contributed by atoms with Crippen molar-refractivity contribution in [2.24, 2.45) is 5.73 Å². The highest BCUT2D eigenvalue weighted by Gasteiger charge is 2.28. The van der Waals surface area contributed by atoms with E-state index in [-0.39, 0.29) is 17.9 Å². The molecule has 0 aromatic heterocycles. The topological polar surface area (TPSA) is 101 Å². The molecular weight excluding hydrogens is 388 g/mol. The van der Waals surface area contributed by atoms with Crippen molar-refractivity contribution in [1.29, 1.82) is 0 Å². The first-order valence-electron chi connectivity index (χ1n) is 10.4. The van der Waals surface area contributed by atoms with Gasteiger partial charge in [0.25, 0.3) is 5.91 Å². The molecular formula is C25H26N4O2. The first-order chi connectivity index (χ1) is 15.0.